The van der Waals surface area contributed by atoms with Crippen LogP contribution in [0.1, 0.15) is 13.8 Å². The molecule has 0 fully saturated rings. The maximum absolute atomic E-state index is 12.7. The number of anilines is 1. The zero-order chi connectivity index (χ0) is 32.1. The van der Waals surface area contributed by atoms with E-state index in [1.807, 2.05) is 18.2 Å². The van der Waals surface area contributed by atoms with E-state index in [0.717, 1.165) is 18.8 Å². The van der Waals surface area contributed by atoms with Gasteiger partial charge in [-0.2, -0.15) is 0 Å². The van der Waals surface area contributed by atoms with E-state index in [1.165, 1.54) is 33.5 Å². The second-order valence-corrected chi connectivity index (χ2v) is 14.5. The molecule has 0 spiro atoms. The van der Waals surface area contributed by atoms with Gasteiger partial charge in [0.2, 0.25) is 11.9 Å². The van der Waals surface area contributed by atoms with E-state index in [-0.39, 0.29) is 23.6 Å². The average molecular weight is 643 g/mol. The molecule has 2 aromatic carbocycles. The Morgan fingerprint density at radius 1 is 0.955 bits per heavy atom. The van der Waals surface area contributed by atoms with Crippen LogP contribution in [0.4, 0.5) is 5.69 Å². The Bertz CT molecular complexity index is 1770. The van der Waals surface area contributed by atoms with Gasteiger partial charge in [-0.1, -0.05) is 18.2 Å². The summed E-state index contributed by atoms with van der Waals surface area (Å²) in [6, 6.07) is 17.6. The third kappa shape index (κ3) is 7.03. The summed E-state index contributed by atoms with van der Waals surface area (Å²) in [7, 11) is -1.40. The Morgan fingerprint density at radius 2 is 1.64 bits per heavy atom. The number of nitrogens with zero attached hydrogens (tertiary/aromatic N) is 2. The van der Waals surface area contributed by atoms with Crippen LogP contribution in [0, 0.1) is 0 Å². The summed E-state index contributed by atoms with van der Waals surface area (Å²) >= 11 is 0. The highest BCUT2D eigenvalue weighted by Crippen LogP contribution is 2.42. The van der Waals surface area contributed by atoms with E-state index < -0.39 is 24.9 Å². The van der Waals surface area contributed by atoms with Gasteiger partial charge in [0.25, 0.3) is 0 Å². The van der Waals surface area contributed by atoms with Crippen LogP contribution < -0.4 is 14.8 Å². The number of hydrogen-bond donors (Lipinski definition) is 0. The zero-order valence-corrected chi connectivity index (χ0v) is 27.6. The van der Waals surface area contributed by atoms with Gasteiger partial charge in [0.15, 0.2) is 0 Å². The number of ether oxygens (including phenoxy) is 1. The summed E-state index contributed by atoms with van der Waals surface area (Å²) in [6.45, 7) is 5.73. The van der Waals surface area contributed by atoms with Crippen molar-refractivity contribution in [3.63, 3.8) is 0 Å². The number of hydrogen-bond acceptors (Lipinski definition) is 10. The molecule has 0 aromatic heterocycles. The molecule has 0 N–H and O–H groups in total. The van der Waals surface area contributed by atoms with Gasteiger partial charge in [-0.25, -0.2) is 17.8 Å². The standard InChI is InChI=1S/C31H38N2O9SSi/c1-7-33(8-2)23-14-16-25-28(20-23)42-27-19-22(32(3)21-30(34)41-17-18-44(38-4,39-5)40-6)13-15-24(27)31(25)26-11-9-10-12-29(26)43(35,36)37/h9-16,19-20H,7-8,17-18,21H2,1-6H3. The lowest BCUT2D eigenvalue weighted by atomic mass is 9.93. The third-order valence-corrected chi connectivity index (χ3v) is 11.2. The molecule has 1 aliphatic carbocycles. The molecule has 44 heavy (non-hydrogen) atoms. The van der Waals surface area contributed by atoms with Crippen LogP contribution in [0.5, 0.6) is 0 Å². The Kier molecular flexibility index (Phi) is 10.6. The summed E-state index contributed by atoms with van der Waals surface area (Å²) in [5.41, 5.74) is 2.94. The molecule has 11 nitrogen and oxygen atoms in total. The maximum Gasteiger partial charge on any atom is 0.503 e. The topological polar surface area (TPSA) is 131 Å². The summed E-state index contributed by atoms with van der Waals surface area (Å²) < 4.78 is 66.5. The van der Waals surface area contributed by atoms with Gasteiger partial charge in [0.05, 0.1) is 23.6 Å². The monoisotopic (exact) mass is 642 g/mol. The Labute approximate surface area is 258 Å². The first-order valence-electron chi connectivity index (χ1n) is 14.2. The number of fused-ring (bicyclic) bond motifs is 2. The first-order chi connectivity index (χ1) is 21.0. The Balaban J connectivity index is 1.82. The van der Waals surface area contributed by atoms with Crippen molar-refractivity contribution in [3.8, 4) is 22.5 Å². The SMILES string of the molecule is CCN(CC)c1ccc2c(-c3ccccc3S(=O)(=O)[O-])c3ccc(=[N+](C)CC(=O)OCC[Si](OC)(OC)OC)cc-3oc2c1. The van der Waals surface area contributed by atoms with Gasteiger partial charge in [-0.3, -0.25) is 0 Å². The fraction of sp³-hybridized carbons (Fsp3) is 0.355. The van der Waals surface area contributed by atoms with Crippen molar-refractivity contribution in [3.05, 3.63) is 66.0 Å². The maximum atomic E-state index is 12.7. The highest BCUT2D eigenvalue weighted by molar-refractivity contribution is 7.85. The van der Waals surface area contributed by atoms with Crippen LogP contribution >= 0.6 is 0 Å². The van der Waals surface area contributed by atoms with E-state index >= 15 is 0 Å². The predicted octanol–water partition coefficient (Wildman–Crippen LogP) is 3.78. The molecule has 0 radical (unpaired) electrons. The molecule has 0 atom stereocenters. The fourth-order valence-electron chi connectivity index (χ4n) is 5.25. The molecule has 13 heteroatoms. The number of rotatable bonds is 13. The van der Waals surface area contributed by atoms with Crippen molar-refractivity contribution in [2.24, 2.45) is 0 Å². The molecule has 1 heterocycles. The molecular weight excluding hydrogens is 604 g/mol. The van der Waals surface area contributed by atoms with Gasteiger partial charge in [-0.15, -0.1) is 0 Å². The van der Waals surface area contributed by atoms with Crippen molar-refractivity contribution in [2.45, 2.75) is 24.8 Å². The number of benzene rings is 3. The summed E-state index contributed by atoms with van der Waals surface area (Å²) in [6.07, 6.45) is 0. The van der Waals surface area contributed by atoms with Crippen LogP contribution in [0.3, 0.4) is 0 Å². The Morgan fingerprint density at radius 3 is 2.27 bits per heavy atom. The number of carbonyl (C=O) groups excluding carboxylic acids is 1. The molecule has 1 aliphatic heterocycles. The van der Waals surface area contributed by atoms with Crippen molar-refractivity contribution in [1.82, 2.24) is 4.58 Å². The normalized spacial score (nSPS) is 12.9. The van der Waals surface area contributed by atoms with Crippen LogP contribution in [-0.4, -0.2) is 82.4 Å². The van der Waals surface area contributed by atoms with Crippen LogP contribution in [0.25, 0.3) is 33.4 Å². The largest absolute Gasteiger partial charge is 0.744 e. The van der Waals surface area contributed by atoms with Gasteiger partial charge >= 0.3 is 14.8 Å². The lowest BCUT2D eigenvalue weighted by Crippen LogP contribution is -2.44. The van der Waals surface area contributed by atoms with Crippen molar-refractivity contribution >= 4 is 41.5 Å². The quantitative estimate of drug-likeness (QED) is 0.0698. The molecule has 0 bridgehead atoms. The number of likely N-dealkylation sites (N-methyl/N-ethyl adjacent to an activating group) is 1. The summed E-state index contributed by atoms with van der Waals surface area (Å²) in [5, 5.41) is 1.33. The molecule has 2 aromatic rings. The minimum absolute atomic E-state index is 0.0448. The number of esters is 1. The smallest absolute Gasteiger partial charge is 0.503 e. The lowest BCUT2D eigenvalue weighted by Gasteiger charge is -2.23. The zero-order valence-electron chi connectivity index (χ0n) is 25.8. The first-order valence-corrected chi connectivity index (χ1v) is 17.5. The van der Waals surface area contributed by atoms with Gasteiger partial charge in [0, 0.05) is 74.3 Å². The molecule has 236 valence electrons. The average Bonchev–Trinajstić information content (AvgIpc) is 3.02. The van der Waals surface area contributed by atoms with Crippen molar-refractivity contribution in [1.29, 1.82) is 0 Å². The van der Waals surface area contributed by atoms with E-state index in [2.05, 4.69) is 18.7 Å². The Hall–Kier alpha value is -3.59. The molecule has 0 unspecified atom stereocenters. The summed E-state index contributed by atoms with van der Waals surface area (Å²) in [4.78, 5) is 14.5. The molecular formula is C31H38N2O9SSi. The van der Waals surface area contributed by atoms with Crippen LogP contribution in [-0.2, 0) is 32.9 Å². The fourth-order valence-corrected chi connectivity index (χ4v) is 7.40. The van der Waals surface area contributed by atoms with Crippen LogP contribution in [0.2, 0.25) is 6.04 Å². The van der Waals surface area contributed by atoms with Gasteiger partial charge in [0.1, 0.15) is 28.5 Å². The molecule has 2 aliphatic rings. The second-order valence-electron chi connectivity index (χ2n) is 10.1. The van der Waals surface area contributed by atoms with Gasteiger partial charge in [-0.05, 0) is 38.1 Å². The lowest BCUT2D eigenvalue weighted by molar-refractivity contribution is -0.142. The minimum atomic E-state index is -4.78. The van der Waals surface area contributed by atoms with E-state index in [4.69, 9.17) is 22.4 Å². The number of carbonyl (C=O) groups is 1. The highest BCUT2D eigenvalue weighted by Gasteiger charge is 2.38. The van der Waals surface area contributed by atoms with Crippen LogP contribution in [0.15, 0.2) is 70.0 Å². The predicted molar refractivity (Wildman–Crippen MR) is 168 cm³/mol. The second kappa shape index (κ2) is 14.0. The third-order valence-electron chi connectivity index (χ3n) is 7.65. The van der Waals surface area contributed by atoms with E-state index in [0.29, 0.717) is 39.3 Å². The molecule has 4 rings (SSSR count). The van der Waals surface area contributed by atoms with Crippen molar-refractivity contribution < 1.29 is 40.2 Å². The molecule has 0 amide bonds. The first kappa shape index (κ1) is 33.3. The summed E-state index contributed by atoms with van der Waals surface area (Å²) in [5.74, 6) is 0.00414. The highest BCUT2D eigenvalue weighted by atomic mass is 32.2. The molecule has 0 saturated heterocycles. The van der Waals surface area contributed by atoms with Crippen molar-refractivity contribution in [2.75, 3.05) is 59.5 Å². The minimum Gasteiger partial charge on any atom is -0.744 e. The van der Waals surface area contributed by atoms with Gasteiger partial charge < -0.3 is 31.9 Å². The molecule has 0 saturated carbocycles. The van der Waals surface area contributed by atoms with E-state index in [1.54, 1.807) is 42.0 Å². The van der Waals surface area contributed by atoms with E-state index in [9.17, 15) is 17.8 Å².